The van der Waals surface area contributed by atoms with E-state index in [1.165, 1.54) is 0 Å². The van der Waals surface area contributed by atoms with Crippen molar-refractivity contribution in [3.63, 3.8) is 0 Å². The van der Waals surface area contributed by atoms with E-state index in [0.717, 1.165) is 23.0 Å². The number of amides is 1. The van der Waals surface area contributed by atoms with Crippen molar-refractivity contribution in [3.8, 4) is 0 Å². The lowest BCUT2D eigenvalue weighted by Crippen LogP contribution is -2.48. The Labute approximate surface area is 160 Å². The van der Waals surface area contributed by atoms with E-state index in [9.17, 15) is 9.59 Å². The molecule has 0 aliphatic carbocycles. The van der Waals surface area contributed by atoms with Gasteiger partial charge in [0.25, 0.3) is 0 Å². The van der Waals surface area contributed by atoms with Gasteiger partial charge in [0.1, 0.15) is 11.8 Å². The van der Waals surface area contributed by atoms with Crippen molar-refractivity contribution in [2.24, 2.45) is 5.92 Å². The van der Waals surface area contributed by atoms with Crippen LogP contribution in [0.1, 0.15) is 30.0 Å². The van der Waals surface area contributed by atoms with Gasteiger partial charge in [-0.1, -0.05) is 97.9 Å². The monoisotopic (exact) mass is 357 g/mol. The van der Waals surface area contributed by atoms with Gasteiger partial charge >= 0.3 is 0 Å². The fourth-order valence-corrected chi connectivity index (χ4v) is 3.38. The van der Waals surface area contributed by atoms with Gasteiger partial charge < -0.3 is 10.1 Å². The summed E-state index contributed by atoms with van der Waals surface area (Å²) in [6.07, 6.45) is 0.965. The lowest BCUT2D eigenvalue weighted by Gasteiger charge is -2.37. The summed E-state index contributed by atoms with van der Waals surface area (Å²) in [6, 6.07) is 29.8. The van der Waals surface area contributed by atoms with Crippen molar-refractivity contribution in [1.82, 2.24) is 5.32 Å². The number of aldehydes is 1. The van der Waals surface area contributed by atoms with E-state index >= 15 is 0 Å². The Morgan fingerprint density at radius 3 is 1.52 bits per heavy atom. The minimum Gasteiger partial charge on any atom is -0.338 e. The largest absolute Gasteiger partial charge is 0.338 e. The van der Waals surface area contributed by atoms with Crippen LogP contribution >= 0.6 is 0 Å². The second kappa shape index (κ2) is 8.45. The second-order valence-corrected chi connectivity index (χ2v) is 6.71. The molecule has 3 aromatic rings. The molecule has 27 heavy (non-hydrogen) atoms. The number of carbonyl (C=O) groups is 2. The smallest absolute Gasteiger partial charge is 0.221 e. The molecule has 0 aliphatic heterocycles. The van der Waals surface area contributed by atoms with Crippen LogP contribution in [0.25, 0.3) is 0 Å². The molecular weight excluding hydrogens is 334 g/mol. The first kappa shape index (κ1) is 18.6. The predicted molar refractivity (Wildman–Crippen MR) is 107 cm³/mol. The molecule has 0 unspecified atom stereocenters. The van der Waals surface area contributed by atoms with Crippen LogP contribution in [0.15, 0.2) is 91.0 Å². The molecule has 3 rings (SSSR count). The van der Waals surface area contributed by atoms with Gasteiger partial charge in [0.15, 0.2) is 0 Å². The highest BCUT2D eigenvalue weighted by Gasteiger charge is 2.37. The topological polar surface area (TPSA) is 46.2 Å². The van der Waals surface area contributed by atoms with E-state index in [1.54, 1.807) is 6.92 Å². The molecule has 3 heteroatoms. The van der Waals surface area contributed by atoms with E-state index in [0.29, 0.717) is 0 Å². The van der Waals surface area contributed by atoms with Crippen molar-refractivity contribution >= 4 is 12.2 Å². The SMILES string of the molecule is C[C@H](C=O)CC(=O)NC(c1ccccc1)(c1ccccc1)c1ccccc1. The van der Waals surface area contributed by atoms with E-state index in [4.69, 9.17) is 0 Å². The number of hydrogen-bond acceptors (Lipinski definition) is 2. The average Bonchev–Trinajstić information content (AvgIpc) is 2.74. The van der Waals surface area contributed by atoms with Crippen molar-refractivity contribution in [2.45, 2.75) is 18.9 Å². The summed E-state index contributed by atoms with van der Waals surface area (Å²) in [5.74, 6) is -0.490. The van der Waals surface area contributed by atoms with Crippen LogP contribution in [0.3, 0.4) is 0 Å². The zero-order valence-corrected chi connectivity index (χ0v) is 15.3. The second-order valence-electron chi connectivity index (χ2n) is 6.71. The van der Waals surface area contributed by atoms with Gasteiger partial charge in [-0.05, 0) is 16.7 Å². The molecule has 0 fully saturated rings. The number of rotatable bonds is 7. The molecule has 0 bridgehead atoms. The standard InChI is InChI=1S/C24H23NO2/c1-19(18-26)17-23(27)25-24(20-11-5-2-6-12-20,21-13-7-3-8-14-21)22-15-9-4-10-16-22/h2-16,18-19H,17H2,1H3,(H,25,27)/t19-/m0/s1. The summed E-state index contributed by atoms with van der Waals surface area (Å²) in [7, 11) is 0. The van der Waals surface area contributed by atoms with Gasteiger partial charge in [0, 0.05) is 12.3 Å². The minimum absolute atomic E-state index is 0.151. The summed E-state index contributed by atoms with van der Waals surface area (Å²) in [6.45, 7) is 1.75. The minimum atomic E-state index is -0.830. The zero-order valence-electron chi connectivity index (χ0n) is 15.3. The van der Waals surface area contributed by atoms with E-state index in [2.05, 4.69) is 5.32 Å². The molecule has 1 N–H and O–H groups in total. The van der Waals surface area contributed by atoms with Crippen LogP contribution in [0.4, 0.5) is 0 Å². The number of nitrogens with one attached hydrogen (secondary N) is 1. The third-order valence-electron chi connectivity index (χ3n) is 4.69. The van der Waals surface area contributed by atoms with Gasteiger partial charge in [-0.3, -0.25) is 4.79 Å². The fraction of sp³-hybridized carbons (Fsp3) is 0.167. The lowest BCUT2D eigenvalue weighted by atomic mass is 9.77. The molecule has 136 valence electrons. The highest BCUT2D eigenvalue weighted by molar-refractivity contribution is 5.81. The fourth-order valence-electron chi connectivity index (χ4n) is 3.38. The molecule has 0 saturated carbocycles. The molecule has 0 aliphatic rings. The highest BCUT2D eigenvalue weighted by atomic mass is 16.2. The Bertz CT molecular complexity index is 779. The van der Waals surface area contributed by atoms with Crippen molar-refractivity contribution in [2.75, 3.05) is 0 Å². The Kier molecular flexibility index (Phi) is 5.82. The summed E-state index contributed by atoms with van der Waals surface area (Å²) in [5.41, 5.74) is 2.07. The average molecular weight is 357 g/mol. The van der Waals surface area contributed by atoms with Crippen LogP contribution in [-0.4, -0.2) is 12.2 Å². The maximum Gasteiger partial charge on any atom is 0.221 e. The molecular formula is C24H23NO2. The van der Waals surface area contributed by atoms with Crippen molar-refractivity contribution in [3.05, 3.63) is 108 Å². The predicted octanol–water partition coefficient (Wildman–Crippen LogP) is 4.32. The zero-order chi connectivity index (χ0) is 19.1. The first-order chi connectivity index (χ1) is 13.2. The third-order valence-corrected chi connectivity index (χ3v) is 4.69. The summed E-state index contributed by atoms with van der Waals surface area (Å²) >= 11 is 0. The van der Waals surface area contributed by atoms with Crippen LogP contribution in [0.5, 0.6) is 0 Å². The molecule has 0 radical (unpaired) electrons. The first-order valence-electron chi connectivity index (χ1n) is 9.09. The van der Waals surface area contributed by atoms with Crippen LogP contribution < -0.4 is 5.32 Å². The molecule has 1 atom stereocenters. The molecule has 0 spiro atoms. The Balaban J connectivity index is 2.20. The third kappa shape index (κ3) is 3.98. The number of hydrogen-bond donors (Lipinski definition) is 1. The molecule has 3 aromatic carbocycles. The molecule has 0 saturated heterocycles. The van der Waals surface area contributed by atoms with Gasteiger partial charge in [0.05, 0.1) is 0 Å². The highest BCUT2D eigenvalue weighted by Crippen LogP contribution is 2.36. The van der Waals surface area contributed by atoms with Gasteiger partial charge in [-0.2, -0.15) is 0 Å². The van der Waals surface area contributed by atoms with Crippen LogP contribution in [0, 0.1) is 5.92 Å². The summed E-state index contributed by atoms with van der Waals surface area (Å²) in [4.78, 5) is 23.9. The summed E-state index contributed by atoms with van der Waals surface area (Å²) in [5, 5.41) is 3.25. The normalized spacial score (nSPS) is 12.2. The Morgan fingerprint density at radius 1 is 0.815 bits per heavy atom. The first-order valence-corrected chi connectivity index (χ1v) is 9.09. The van der Waals surface area contributed by atoms with Crippen molar-refractivity contribution in [1.29, 1.82) is 0 Å². The van der Waals surface area contributed by atoms with Gasteiger partial charge in [-0.25, -0.2) is 0 Å². The van der Waals surface area contributed by atoms with Gasteiger partial charge in [-0.15, -0.1) is 0 Å². The van der Waals surface area contributed by atoms with E-state index < -0.39 is 5.54 Å². The quantitative estimate of drug-likeness (QED) is 0.506. The van der Waals surface area contributed by atoms with Crippen LogP contribution in [0.2, 0.25) is 0 Å². The number of carbonyl (C=O) groups excluding carboxylic acids is 2. The van der Waals surface area contributed by atoms with Crippen LogP contribution in [-0.2, 0) is 15.1 Å². The van der Waals surface area contributed by atoms with Crippen molar-refractivity contribution < 1.29 is 9.59 Å². The Morgan fingerprint density at radius 2 is 1.19 bits per heavy atom. The maximum atomic E-state index is 12.9. The van der Waals surface area contributed by atoms with E-state index in [1.807, 2.05) is 91.0 Å². The molecule has 1 amide bonds. The summed E-state index contributed by atoms with van der Waals surface area (Å²) < 4.78 is 0. The maximum absolute atomic E-state index is 12.9. The Hall–Kier alpha value is -3.20. The molecule has 3 nitrogen and oxygen atoms in total. The lowest BCUT2D eigenvalue weighted by molar-refractivity contribution is -0.125. The number of benzene rings is 3. The van der Waals surface area contributed by atoms with E-state index in [-0.39, 0.29) is 18.2 Å². The molecule has 0 heterocycles. The molecule has 0 aromatic heterocycles. The van der Waals surface area contributed by atoms with Gasteiger partial charge in [0.2, 0.25) is 5.91 Å².